The van der Waals surface area contributed by atoms with E-state index in [2.05, 4.69) is 13.8 Å². The Hall–Kier alpha value is -0.250. The topological polar surface area (TPSA) is 26.0 Å². The van der Waals surface area contributed by atoms with E-state index in [0.29, 0.717) is 12.3 Å². The minimum absolute atomic E-state index is 0.0532. The maximum Gasteiger partial charge on any atom is 0.391 e. The van der Waals surface area contributed by atoms with Crippen LogP contribution in [0.4, 0.5) is 13.2 Å². The fraction of sp³-hybridized carbons (Fsp3) is 1.00. The highest BCUT2D eigenvalue weighted by Gasteiger charge is 2.42. The van der Waals surface area contributed by atoms with Crippen LogP contribution in [0.2, 0.25) is 0 Å². The lowest BCUT2D eigenvalue weighted by molar-refractivity contribution is -0.186. The van der Waals surface area contributed by atoms with Crippen molar-refractivity contribution in [3.8, 4) is 0 Å². The van der Waals surface area contributed by atoms with E-state index >= 15 is 0 Å². The number of hydrogen-bond acceptors (Lipinski definition) is 1. The Morgan fingerprint density at radius 3 is 2.35 bits per heavy atom. The van der Waals surface area contributed by atoms with Crippen molar-refractivity contribution in [2.75, 3.05) is 0 Å². The monoisotopic (exact) mass is 251 g/mol. The maximum absolute atomic E-state index is 12.7. The van der Waals surface area contributed by atoms with Crippen LogP contribution in [0.5, 0.6) is 0 Å². The zero-order chi connectivity index (χ0) is 13.1. The van der Waals surface area contributed by atoms with Gasteiger partial charge in [0.25, 0.3) is 0 Å². The van der Waals surface area contributed by atoms with Crippen molar-refractivity contribution in [1.82, 2.24) is 0 Å². The molecule has 0 spiro atoms. The molecule has 102 valence electrons. The molecule has 2 N–H and O–H groups in total. The van der Waals surface area contributed by atoms with Crippen LogP contribution in [0, 0.1) is 17.8 Å². The van der Waals surface area contributed by atoms with E-state index in [0.717, 1.165) is 19.3 Å². The molecule has 0 amide bonds. The van der Waals surface area contributed by atoms with Gasteiger partial charge in [0.05, 0.1) is 5.92 Å². The molecule has 1 aliphatic carbocycles. The molecule has 1 fully saturated rings. The lowest BCUT2D eigenvalue weighted by Crippen LogP contribution is -2.37. The second-order valence-electron chi connectivity index (χ2n) is 5.80. The lowest BCUT2D eigenvalue weighted by atomic mass is 9.76. The Kier molecular flexibility index (Phi) is 5.29. The first-order chi connectivity index (χ1) is 7.80. The zero-order valence-corrected chi connectivity index (χ0v) is 10.8. The van der Waals surface area contributed by atoms with Gasteiger partial charge < -0.3 is 5.73 Å². The van der Waals surface area contributed by atoms with Crippen LogP contribution in [0.15, 0.2) is 0 Å². The van der Waals surface area contributed by atoms with E-state index in [1.807, 2.05) is 0 Å². The summed E-state index contributed by atoms with van der Waals surface area (Å²) in [5.74, 6) is -0.483. The van der Waals surface area contributed by atoms with Gasteiger partial charge in [-0.25, -0.2) is 0 Å². The molecule has 0 radical (unpaired) electrons. The first-order valence-corrected chi connectivity index (χ1v) is 6.63. The highest BCUT2D eigenvalue weighted by Crippen LogP contribution is 2.41. The predicted octanol–water partition coefficient (Wildman–Crippen LogP) is 4.12. The quantitative estimate of drug-likeness (QED) is 0.799. The third-order valence-corrected chi connectivity index (χ3v) is 3.86. The van der Waals surface area contributed by atoms with Crippen molar-refractivity contribution < 1.29 is 13.2 Å². The molecule has 0 aromatic carbocycles. The molecule has 0 saturated heterocycles. The molecule has 0 heterocycles. The minimum Gasteiger partial charge on any atom is -0.327 e. The Bertz CT molecular complexity index is 225. The molecule has 0 bridgehead atoms. The van der Waals surface area contributed by atoms with Gasteiger partial charge in [-0.05, 0) is 43.9 Å². The molecular formula is C13H24F3N. The van der Waals surface area contributed by atoms with Gasteiger partial charge in [-0.2, -0.15) is 13.2 Å². The van der Waals surface area contributed by atoms with E-state index in [4.69, 9.17) is 5.73 Å². The summed E-state index contributed by atoms with van der Waals surface area (Å²) < 4.78 is 38.0. The normalized spacial score (nSPS) is 28.4. The second kappa shape index (κ2) is 6.07. The van der Waals surface area contributed by atoms with Crippen LogP contribution < -0.4 is 5.73 Å². The molecule has 1 rings (SSSR count). The number of hydrogen-bond donors (Lipinski definition) is 1. The first-order valence-electron chi connectivity index (χ1n) is 6.63. The fourth-order valence-electron chi connectivity index (χ4n) is 2.68. The summed E-state index contributed by atoms with van der Waals surface area (Å²) in [7, 11) is 0. The summed E-state index contributed by atoms with van der Waals surface area (Å²) in [4.78, 5) is 0. The molecule has 0 aromatic heterocycles. The summed E-state index contributed by atoms with van der Waals surface area (Å²) >= 11 is 0. The van der Waals surface area contributed by atoms with Crippen LogP contribution in [0.3, 0.4) is 0 Å². The smallest absolute Gasteiger partial charge is 0.327 e. The average Bonchev–Trinajstić information content (AvgIpc) is 2.25. The third kappa shape index (κ3) is 4.86. The van der Waals surface area contributed by atoms with E-state index in [-0.39, 0.29) is 24.8 Å². The van der Waals surface area contributed by atoms with E-state index in [1.54, 1.807) is 0 Å². The average molecular weight is 251 g/mol. The predicted molar refractivity (Wildman–Crippen MR) is 63.6 cm³/mol. The summed E-state index contributed by atoms with van der Waals surface area (Å²) in [5, 5.41) is 0. The molecule has 0 aliphatic heterocycles. The first kappa shape index (κ1) is 14.8. The number of rotatable bonds is 4. The standard InChI is InChI=1S/C13H24F3N/c1-9(2)6-7-12(17)10-4-3-5-11(8-10)13(14,15)16/h9-12H,3-8,17H2,1-2H3. The van der Waals surface area contributed by atoms with Crippen LogP contribution in [0.1, 0.15) is 52.4 Å². The molecule has 4 heteroatoms. The van der Waals surface area contributed by atoms with E-state index in [9.17, 15) is 13.2 Å². The SMILES string of the molecule is CC(C)CCC(N)C1CCCC(C(F)(F)F)C1. The Labute approximate surface area is 102 Å². The lowest BCUT2D eigenvalue weighted by Gasteiger charge is -2.34. The van der Waals surface area contributed by atoms with E-state index in [1.165, 1.54) is 0 Å². The molecule has 1 saturated carbocycles. The number of halogens is 3. The van der Waals surface area contributed by atoms with E-state index < -0.39 is 12.1 Å². The van der Waals surface area contributed by atoms with Crippen molar-refractivity contribution >= 4 is 0 Å². The van der Waals surface area contributed by atoms with Crippen molar-refractivity contribution in [3.05, 3.63) is 0 Å². The van der Waals surface area contributed by atoms with Gasteiger partial charge in [0.15, 0.2) is 0 Å². The van der Waals surface area contributed by atoms with Crippen molar-refractivity contribution in [3.63, 3.8) is 0 Å². The van der Waals surface area contributed by atoms with Crippen LogP contribution in [-0.2, 0) is 0 Å². The Balaban J connectivity index is 2.43. The van der Waals surface area contributed by atoms with Gasteiger partial charge in [-0.1, -0.05) is 20.3 Å². The van der Waals surface area contributed by atoms with Gasteiger partial charge in [0, 0.05) is 6.04 Å². The zero-order valence-electron chi connectivity index (χ0n) is 10.8. The number of nitrogens with two attached hydrogens (primary N) is 1. The molecule has 3 unspecified atom stereocenters. The van der Waals surface area contributed by atoms with Crippen LogP contribution in [0.25, 0.3) is 0 Å². The van der Waals surface area contributed by atoms with Crippen LogP contribution >= 0.6 is 0 Å². The van der Waals surface area contributed by atoms with Gasteiger partial charge in [0.1, 0.15) is 0 Å². The van der Waals surface area contributed by atoms with Gasteiger partial charge >= 0.3 is 6.18 Å². The molecule has 1 nitrogen and oxygen atoms in total. The van der Waals surface area contributed by atoms with Crippen molar-refractivity contribution in [2.24, 2.45) is 23.5 Å². The molecule has 17 heavy (non-hydrogen) atoms. The van der Waals surface area contributed by atoms with Crippen LogP contribution in [-0.4, -0.2) is 12.2 Å². The Morgan fingerprint density at radius 1 is 1.18 bits per heavy atom. The highest BCUT2D eigenvalue weighted by molar-refractivity contribution is 4.83. The minimum atomic E-state index is -4.03. The van der Waals surface area contributed by atoms with Gasteiger partial charge in [0.2, 0.25) is 0 Å². The fourth-order valence-corrected chi connectivity index (χ4v) is 2.68. The highest BCUT2D eigenvalue weighted by atomic mass is 19.4. The summed E-state index contributed by atoms with van der Waals surface area (Å²) in [6, 6.07) is -0.0532. The second-order valence-corrected chi connectivity index (χ2v) is 5.80. The van der Waals surface area contributed by atoms with Crippen molar-refractivity contribution in [1.29, 1.82) is 0 Å². The number of alkyl halides is 3. The maximum atomic E-state index is 12.7. The molecule has 0 aromatic rings. The molecule has 1 aliphatic rings. The van der Waals surface area contributed by atoms with Crippen molar-refractivity contribution in [2.45, 2.75) is 64.6 Å². The summed E-state index contributed by atoms with van der Waals surface area (Å²) in [6.07, 6.45) is -0.104. The van der Waals surface area contributed by atoms with Gasteiger partial charge in [-0.3, -0.25) is 0 Å². The Morgan fingerprint density at radius 2 is 1.82 bits per heavy atom. The third-order valence-electron chi connectivity index (χ3n) is 3.86. The summed E-state index contributed by atoms with van der Waals surface area (Å²) in [5.41, 5.74) is 6.03. The summed E-state index contributed by atoms with van der Waals surface area (Å²) in [6.45, 7) is 4.23. The largest absolute Gasteiger partial charge is 0.391 e. The van der Waals surface area contributed by atoms with Gasteiger partial charge in [-0.15, -0.1) is 0 Å². The molecule has 3 atom stereocenters. The molecular weight excluding hydrogens is 227 g/mol.